The van der Waals surface area contributed by atoms with Crippen molar-refractivity contribution in [3.8, 4) is 5.75 Å². The molecule has 0 spiro atoms. The topological polar surface area (TPSA) is 72.9 Å². The molecule has 6 nitrogen and oxygen atoms in total. The number of hydrogen-bond acceptors (Lipinski definition) is 5. The average Bonchev–Trinajstić information content (AvgIpc) is 2.96. The molecule has 1 aliphatic rings. The maximum atomic E-state index is 13.0. The van der Waals surface area contributed by atoms with Crippen LogP contribution in [0.4, 0.5) is 5.69 Å². The number of ether oxygens (including phenoxy) is 2. The van der Waals surface area contributed by atoms with Crippen LogP contribution in [0.1, 0.15) is 35.7 Å². The molecule has 2 aromatic carbocycles. The van der Waals surface area contributed by atoms with Gasteiger partial charge in [0.2, 0.25) is 0 Å². The van der Waals surface area contributed by atoms with Gasteiger partial charge < -0.3 is 9.47 Å². The number of rotatable bonds is 7. The Kier molecular flexibility index (Phi) is 6.34. The summed E-state index contributed by atoms with van der Waals surface area (Å²) in [5.41, 5.74) is 1.13. The van der Waals surface area contributed by atoms with Gasteiger partial charge in [0.25, 0.3) is 11.8 Å². The quantitative estimate of drug-likeness (QED) is 0.387. The second-order valence-electron chi connectivity index (χ2n) is 6.40. The fraction of sp³-hybridized carbons (Fsp3) is 0.227. The average molecular weight is 414 g/mol. The van der Waals surface area contributed by atoms with Crippen LogP contribution in [0, 0.1) is 0 Å². The third-order valence-corrected chi connectivity index (χ3v) is 4.83. The van der Waals surface area contributed by atoms with Crippen LogP contribution in [0.5, 0.6) is 5.75 Å². The maximum Gasteiger partial charge on any atom is 0.338 e. The standard InChI is InChI=1S/C22H20ClNO5/c1-3-4-12-29-22(27)15-6-5-7-16(13-15)24-20(25)18(19(23)21(24)26)14-8-10-17(28-2)11-9-14/h5-11,13H,3-4,12H2,1-2H3. The van der Waals surface area contributed by atoms with Gasteiger partial charge in [-0.1, -0.05) is 43.1 Å². The highest BCUT2D eigenvalue weighted by Crippen LogP contribution is 2.35. The van der Waals surface area contributed by atoms with Gasteiger partial charge in [-0.25, -0.2) is 9.69 Å². The first-order chi connectivity index (χ1) is 14.0. The normalized spacial score (nSPS) is 13.8. The van der Waals surface area contributed by atoms with E-state index < -0.39 is 17.8 Å². The van der Waals surface area contributed by atoms with Crippen molar-refractivity contribution in [3.05, 3.63) is 64.7 Å². The smallest absolute Gasteiger partial charge is 0.338 e. The van der Waals surface area contributed by atoms with Crippen LogP contribution in [0.25, 0.3) is 5.57 Å². The molecule has 2 aromatic rings. The fourth-order valence-corrected chi connectivity index (χ4v) is 3.18. The van der Waals surface area contributed by atoms with Crippen molar-refractivity contribution in [1.29, 1.82) is 0 Å². The van der Waals surface area contributed by atoms with Crippen LogP contribution in [-0.4, -0.2) is 31.5 Å². The summed E-state index contributed by atoms with van der Waals surface area (Å²) in [7, 11) is 1.54. The Morgan fingerprint density at radius 1 is 1.07 bits per heavy atom. The van der Waals surface area contributed by atoms with E-state index in [9.17, 15) is 14.4 Å². The number of hydrogen-bond donors (Lipinski definition) is 0. The van der Waals surface area contributed by atoms with E-state index in [0.29, 0.717) is 17.9 Å². The summed E-state index contributed by atoms with van der Waals surface area (Å²) in [5.74, 6) is -1.08. The first kappa shape index (κ1) is 20.6. The minimum Gasteiger partial charge on any atom is -0.497 e. The number of halogens is 1. The number of nitrogens with zero attached hydrogens (tertiary/aromatic N) is 1. The zero-order valence-corrected chi connectivity index (χ0v) is 16.9. The highest BCUT2D eigenvalue weighted by atomic mass is 35.5. The lowest BCUT2D eigenvalue weighted by Crippen LogP contribution is -2.31. The molecule has 0 bridgehead atoms. The highest BCUT2D eigenvalue weighted by molar-refractivity contribution is 6.60. The zero-order valence-electron chi connectivity index (χ0n) is 16.1. The van der Waals surface area contributed by atoms with Gasteiger partial charge in [0.1, 0.15) is 10.8 Å². The van der Waals surface area contributed by atoms with Crippen LogP contribution in [0.2, 0.25) is 0 Å². The molecule has 150 valence electrons. The summed E-state index contributed by atoms with van der Waals surface area (Å²) in [5, 5.41) is -0.170. The van der Waals surface area contributed by atoms with Gasteiger partial charge >= 0.3 is 5.97 Å². The summed E-state index contributed by atoms with van der Waals surface area (Å²) in [6.07, 6.45) is 1.67. The second kappa shape index (κ2) is 8.92. The molecule has 1 heterocycles. The predicted octanol–water partition coefficient (Wildman–Crippen LogP) is 4.18. The van der Waals surface area contributed by atoms with Crippen molar-refractivity contribution in [2.45, 2.75) is 19.8 Å². The number of carbonyl (C=O) groups is 3. The molecule has 7 heteroatoms. The van der Waals surface area contributed by atoms with Gasteiger partial charge in [0.15, 0.2) is 0 Å². The fourth-order valence-electron chi connectivity index (χ4n) is 2.91. The van der Waals surface area contributed by atoms with Gasteiger partial charge in [0, 0.05) is 0 Å². The summed E-state index contributed by atoms with van der Waals surface area (Å²) in [4.78, 5) is 38.8. The third kappa shape index (κ3) is 4.17. The van der Waals surface area contributed by atoms with Crippen molar-refractivity contribution in [2.24, 2.45) is 0 Å². The molecule has 0 fully saturated rings. The van der Waals surface area contributed by atoms with Crippen molar-refractivity contribution in [1.82, 2.24) is 0 Å². The number of imide groups is 1. The van der Waals surface area contributed by atoms with Crippen LogP contribution < -0.4 is 9.64 Å². The lowest BCUT2D eigenvalue weighted by atomic mass is 10.1. The maximum absolute atomic E-state index is 13.0. The van der Waals surface area contributed by atoms with Gasteiger partial charge in [-0.3, -0.25) is 9.59 Å². The van der Waals surface area contributed by atoms with E-state index in [1.807, 2.05) is 6.92 Å². The molecule has 0 atom stereocenters. The van der Waals surface area contributed by atoms with Crippen molar-refractivity contribution < 1.29 is 23.9 Å². The van der Waals surface area contributed by atoms with E-state index in [2.05, 4.69) is 0 Å². The first-order valence-electron chi connectivity index (χ1n) is 9.18. The lowest BCUT2D eigenvalue weighted by molar-refractivity contribution is -0.119. The molecule has 0 saturated carbocycles. The van der Waals surface area contributed by atoms with Gasteiger partial charge in [-0.2, -0.15) is 0 Å². The number of benzene rings is 2. The Morgan fingerprint density at radius 3 is 2.45 bits per heavy atom. The first-order valence-corrected chi connectivity index (χ1v) is 9.56. The molecule has 2 amide bonds. The molecular weight excluding hydrogens is 394 g/mol. The molecule has 0 N–H and O–H groups in total. The summed E-state index contributed by atoms with van der Waals surface area (Å²) < 4.78 is 10.3. The van der Waals surface area contributed by atoms with E-state index in [1.54, 1.807) is 42.5 Å². The van der Waals surface area contributed by atoms with E-state index in [-0.39, 0.29) is 21.9 Å². The minimum absolute atomic E-state index is 0.107. The number of esters is 1. The molecule has 0 radical (unpaired) electrons. The van der Waals surface area contributed by atoms with Crippen LogP contribution in [-0.2, 0) is 14.3 Å². The summed E-state index contributed by atoms with van der Waals surface area (Å²) in [6.45, 7) is 2.31. The van der Waals surface area contributed by atoms with Crippen molar-refractivity contribution in [3.63, 3.8) is 0 Å². The van der Waals surface area contributed by atoms with Crippen molar-refractivity contribution >= 4 is 40.6 Å². The van der Waals surface area contributed by atoms with Crippen molar-refractivity contribution in [2.75, 3.05) is 18.6 Å². The van der Waals surface area contributed by atoms with Crippen LogP contribution in [0.3, 0.4) is 0 Å². The molecule has 29 heavy (non-hydrogen) atoms. The summed E-state index contributed by atoms with van der Waals surface area (Å²) >= 11 is 6.21. The minimum atomic E-state index is -0.640. The molecule has 0 unspecified atom stereocenters. The highest BCUT2D eigenvalue weighted by Gasteiger charge is 2.39. The molecule has 3 rings (SSSR count). The molecule has 0 aliphatic carbocycles. The lowest BCUT2D eigenvalue weighted by Gasteiger charge is -2.16. The van der Waals surface area contributed by atoms with E-state index >= 15 is 0 Å². The largest absolute Gasteiger partial charge is 0.497 e. The molecule has 0 saturated heterocycles. The Morgan fingerprint density at radius 2 is 1.79 bits per heavy atom. The number of anilines is 1. The molecule has 1 aliphatic heterocycles. The number of unbranched alkanes of at least 4 members (excludes halogenated alkanes) is 1. The second-order valence-corrected chi connectivity index (χ2v) is 6.78. The number of amides is 2. The number of methoxy groups -OCH3 is 1. The van der Waals surface area contributed by atoms with E-state index in [1.165, 1.54) is 13.2 Å². The predicted molar refractivity (Wildman–Crippen MR) is 110 cm³/mol. The van der Waals surface area contributed by atoms with E-state index in [0.717, 1.165) is 17.7 Å². The van der Waals surface area contributed by atoms with Crippen LogP contribution in [0.15, 0.2) is 53.6 Å². The summed E-state index contributed by atoms with van der Waals surface area (Å²) in [6, 6.07) is 12.9. The SMILES string of the molecule is CCCCOC(=O)c1cccc(N2C(=O)C(Cl)=C(c3ccc(OC)cc3)C2=O)c1. The Hall–Kier alpha value is -3.12. The molecule has 0 aromatic heterocycles. The van der Waals surface area contributed by atoms with Gasteiger partial charge in [0.05, 0.1) is 30.5 Å². The number of carbonyl (C=O) groups excluding carboxylic acids is 3. The van der Waals surface area contributed by atoms with E-state index in [4.69, 9.17) is 21.1 Å². The third-order valence-electron chi connectivity index (χ3n) is 4.48. The Bertz CT molecular complexity index is 981. The van der Waals surface area contributed by atoms with Gasteiger partial charge in [-0.05, 0) is 42.3 Å². The Labute approximate surface area is 173 Å². The monoisotopic (exact) mass is 413 g/mol. The zero-order chi connectivity index (χ0) is 21.0. The molecular formula is C22H20ClNO5. The Balaban J connectivity index is 1.87. The van der Waals surface area contributed by atoms with Gasteiger partial charge in [-0.15, -0.1) is 0 Å². The van der Waals surface area contributed by atoms with Crippen LogP contribution >= 0.6 is 11.6 Å².